The minimum absolute atomic E-state index is 0.127. The Morgan fingerprint density at radius 1 is 1.33 bits per heavy atom. The monoisotopic (exact) mass is 246 g/mol. The van der Waals surface area contributed by atoms with E-state index in [1.54, 1.807) is 24.3 Å². The highest BCUT2D eigenvalue weighted by atomic mass is 16.5. The van der Waals surface area contributed by atoms with Gasteiger partial charge < -0.3 is 9.84 Å². The fourth-order valence-corrected chi connectivity index (χ4v) is 1.62. The molecule has 0 radical (unpaired) electrons. The summed E-state index contributed by atoms with van der Waals surface area (Å²) >= 11 is 0. The van der Waals surface area contributed by atoms with Crippen molar-refractivity contribution in [2.24, 2.45) is 0 Å². The molecular formula is C13H14N2O3. The van der Waals surface area contributed by atoms with E-state index in [1.165, 1.54) is 10.9 Å². The predicted octanol–water partition coefficient (Wildman–Crippen LogP) is 1.61. The summed E-state index contributed by atoms with van der Waals surface area (Å²) in [5.74, 6) is -0.265. The highest BCUT2D eigenvalue weighted by Crippen LogP contribution is 2.22. The van der Waals surface area contributed by atoms with Crippen LogP contribution >= 0.6 is 0 Å². The summed E-state index contributed by atoms with van der Waals surface area (Å²) in [5.41, 5.74) is 0.512. The maximum absolute atomic E-state index is 12.2. The van der Waals surface area contributed by atoms with Gasteiger partial charge in [0.25, 0.3) is 5.56 Å². The average Bonchev–Trinajstić information content (AvgIpc) is 2.39. The van der Waals surface area contributed by atoms with Crippen LogP contribution in [0.3, 0.4) is 0 Å². The molecule has 94 valence electrons. The van der Waals surface area contributed by atoms with Gasteiger partial charge in [0.2, 0.25) is 5.88 Å². The van der Waals surface area contributed by atoms with Gasteiger partial charge in [-0.2, -0.15) is 0 Å². The van der Waals surface area contributed by atoms with Gasteiger partial charge in [-0.1, -0.05) is 30.3 Å². The summed E-state index contributed by atoms with van der Waals surface area (Å²) in [4.78, 5) is 16.0. The van der Waals surface area contributed by atoms with Gasteiger partial charge in [-0.15, -0.1) is 0 Å². The molecule has 1 heterocycles. The molecule has 18 heavy (non-hydrogen) atoms. The summed E-state index contributed by atoms with van der Waals surface area (Å²) in [6, 6.07) is 8.95. The fraction of sp³-hybridized carbons (Fsp3) is 0.231. The van der Waals surface area contributed by atoms with Crippen LogP contribution in [0, 0.1) is 0 Å². The van der Waals surface area contributed by atoms with Crippen LogP contribution < -0.4 is 5.56 Å². The van der Waals surface area contributed by atoms with E-state index in [0.717, 1.165) is 0 Å². The van der Waals surface area contributed by atoms with Crippen molar-refractivity contribution in [1.82, 2.24) is 9.55 Å². The van der Waals surface area contributed by atoms with E-state index in [9.17, 15) is 9.90 Å². The van der Waals surface area contributed by atoms with E-state index in [0.29, 0.717) is 12.2 Å². The number of hydrogen-bond donors (Lipinski definition) is 1. The van der Waals surface area contributed by atoms with Crippen molar-refractivity contribution in [3.05, 3.63) is 47.0 Å². The summed E-state index contributed by atoms with van der Waals surface area (Å²) in [6.45, 7) is 2.48. The van der Waals surface area contributed by atoms with E-state index in [-0.39, 0.29) is 23.7 Å². The molecule has 2 aromatic rings. The Bertz CT molecular complexity index is 579. The number of nitrogens with zero attached hydrogens (tertiary/aromatic N) is 2. The van der Waals surface area contributed by atoms with Crippen molar-refractivity contribution in [3.63, 3.8) is 0 Å². The first-order chi connectivity index (χ1) is 8.74. The molecule has 0 fully saturated rings. The van der Waals surface area contributed by atoms with Gasteiger partial charge in [0, 0.05) is 6.61 Å². The van der Waals surface area contributed by atoms with E-state index in [4.69, 9.17) is 4.74 Å². The van der Waals surface area contributed by atoms with Gasteiger partial charge >= 0.3 is 0 Å². The molecule has 0 amide bonds. The summed E-state index contributed by atoms with van der Waals surface area (Å²) in [7, 11) is 0. The lowest BCUT2D eigenvalue weighted by molar-refractivity contribution is 0.0845. The Labute approximate surface area is 104 Å². The average molecular weight is 246 g/mol. The predicted molar refractivity (Wildman–Crippen MR) is 67.2 cm³/mol. The van der Waals surface area contributed by atoms with Gasteiger partial charge in [0.05, 0.1) is 0 Å². The molecule has 2 rings (SSSR count). The number of ether oxygens (including phenoxy) is 1. The smallest absolute Gasteiger partial charge is 0.266 e. The third-order valence-corrected chi connectivity index (χ3v) is 2.51. The van der Waals surface area contributed by atoms with Crippen molar-refractivity contribution in [1.29, 1.82) is 0 Å². The summed E-state index contributed by atoms with van der Waals surface area (Å²) in [5, 5.41) is 9.73. The Kier molecular flexibility index (Phi) is 3.74. The molecule has 0 atom stereocenters. The Balaban J connectivity index is 2.50. The molecule has 0 saturated carbocycles. The first-order valence-electron chi connectivity index (χ1n) is 5.65. The minimum atomic E-state index is -0.317. The highest BCUT2D eigenvalue weighted by Gasteiger charge is 2.12. The molecule has 5 heteroatoms. The highest BCUT2D eigenvalue weighted by molar-refractivity contribution is 5.66. The quantitative estimate of drug-likeness (QED) is 0.890. The zero-order valence-electron chi connectivity index (χ0n) is 10.0. The van der Waals surface area contributed by atoms with Crippen molar-refractivity contribution in [3.8, 4) is 17.0 Å². The number of rotatable bonds is 4. The second-order valence-corrected chi connectivity index (χ2v) is 3.71. The maximum atomic E-state index is 12.2. The van der Waals surface area contributed by atoms with Crippen molar-refractivity contribution in [2.75, 3.05) is 6.61 Å². The maximum Gasteiger partial charge on any atom is 0.266 e. The number of aromatic hydroxyl groups is 1. The summed E-state index contributed by atoms with van der Waals surface area (Å²) < 4.78 is 6.50. The first kappa shape index (κ1) is 12.3. The lowest BCUT2D eigenvalue weighted by Gasteiger charge is -2.08. The topological polar surface area (TPSA) is 64.3 Å². The van der Waals surface area contributed by atoms with Crippen molar-refractivity contribution < 1.29 is 9.84 Å². The molecule has 0 aliphatic heterocycles. The number of hydrogen-bond acceptors (Lipinski definition) is 4. The van der Waals surface area contributed by atoms with Crippen molar-refractivity contribution in [2.45, 2.75) is 13.7 Å². The van der Waals surface area contributed by atoms with Gasteiger partial charge in [0.15, 0.2) is 0 Å². The largest absolute Gasteiger partial charge is 0.493 e. The van der Waals surface area contributed by atoms with E-state index in [1.807, 2.05) is 13.0 Å². The number of aromatic nitrogens is 2. The van der Waals surface area contributed by atoms with Crippen molar-refractivity contribution >= 4 is 0 Å². The second kappa shape index (κ2) is 5.46. The molecule has 0 bridgehead atoms. The first-order valence-corrected chi connectivity index (χ1v) is 5.65. The summed E-state index contributed by atoms with van der Waals surface area (Å²) in [6.07, 6.45) is 1.28. The van der Waals surface area contributed by atoms with Crippen LogP contribution in [0.25, 0.3) is 11.1 Å². The third-order valence-electron chi connectivity index (χ3n) is 2.51. The Morgan fingerprint density at radius 3 is 2.72 bits per heavy atom. The molecule has 0 saturated heterocycles. The van der Waals surface area contributed by atoms with Crippen LogP contribution in [0.2, 0.25) is 0 Å². The van der Waals surface area contributed by atoms with Crippen LogP contribution in [0.15, 0.2) is 41.5 Å². The number of benzene rings is 1. The molecule has 5 nitrogen and oxygen atoms in total. The van der Waals surface area contributed by atoms with E-state index in [2.05, 4.69) is 4.98 Å². The van der Waals surface area contributed by atoms with Crippen LogP contribution in [-0.4, -0.2) is 21.3 Å². The van der Waals surface area contributed by atoms with Crippen LogP contribution in [0.4, 0.5) is 0 Å². The second-order valence-electron chi connectivity index (χ2n) is 3.71. The molecule has 0 spiro atoms. The van der Waals surface area contributed by atoms with E-state index < -0.39 is 0 Å². The van der Waals surface area contributed by atoms with E-state index >= 15 is 0 Å². The third kappa shape index (κ3) is 2.41. The van der Waals surface area contributed by atoms with Gasteiger partial charge in [-0.3, -0.25) is 9.36 Å². The SMILES string of the molecule is CCOCn1cnc(O)c(-c2ccccc2)c1=O. The van der Waals surface area contributed by atoms with Gasteiger partial charge in [-0.25, -0.2) is 4.98 Å². The van der Waals surface area contributed by atoms with Crippen LogP contribution in [-0.2, 0) is 11.5 Å². The van der Waals surface area contributed by atoms with Crippen LogP contribution in [0.5, 0.6) is 5.88 Å². The molecule has 0 aliphatic rings. The molecular weight excluding hydrogens is 232 g/mol. The minimum Gasteiger partial charge on any atom is -0.493 e. The van der Waals surface area contributed by atoms with Gasteiger partial charge in [-0.05, 0) is 12.5 Å². The normalized spacial score (nSPS) is 10.5. The zero-order chi connectivity index (χ0) is 13.0. The standard InChI is InChI=1S/C13H14N2O3/c1-2-18-9-15-8-14-12(16)11(13(15)17)10-6-4-3-5-7-10/h3-8,16H,2,9H2,1H3. The Hall–Kier alpha value is -2.14. The lowest BCUT2D eigenvalue weighted by atomic mass is 10.1. The molecule has 0 unspecified atom stereocenters. The van der Waals surface area contributed by atoms with Gasteiger partial charge in [0.1, 0.15) is 18.6 Å². The Morgan fingerprint density at radius 2 is 2.06 bits per heavy atom. The van der Waals surface area contributed by atoms with Crippen LogP contribution in [0.1, 0.15) is 6.92 Å². The molecule has 0 aliphatic carbocycles. The zero-order valence-corrected chi connectivity index (χ0v) is 10.0. The lowest BCUT2D eigenvalue weighted by Crippen LogP contribution is -2.23. The molecule has 1 N–H and O–H groups in total. The molecule has 1 aromatic heterocycles. The molecule has 1 aromatic carbocycles. The fourth-order valence-electron chi connectivity index (χ4n) is 1.62.